The molecule has 0 aliphatic carbocycles. The molecule has 0 nitrogen and oxygen atoms in total. The Balaban J connectivity index is 2.47. The summed E-state index contributed by atoms with van der Waals surface area (Å²) in [5.41, 5.74) is 5.38. The van der Waals surface area contributed by atoms with Crippen LogP contribution < -0.4 is 0 Å². The highest BCUT2D eigenvalue weighted by Crippen LogP contribution is 2.27. The van der Waals surface area contributed by atoms with Crippen molar-refractivity contribution in [2.75, 3.05) is 0 Å². The van der Waals surface area contributed by atoms with E-state index in [1.807, 2.05) is 0 Å². The molecule has 1 atom stereocenters. The molecule has 0 saturated heterocycles. The summed E-state index contributed by atoms with van der Waals surface area (Å²) >= 11 is 0. The summed E-state index contributed by atoms with van der Waals surface area (Å²) in [4.78, 5) is 0. The van der Waals surface area contributed by atoms with Crippen LogP contribution in [0.1, 0.15) is 36.5 Å². The highest BCUT2D eigenvalue weighted by atomic mass is 14.1. The molecular weight excluding hydrogens is 216 g/mol. The SMILES string of the molecule is CC(C)=CC(c1ccccc1)c1cccc(C)c1. The zero-order valence-electron chi connectivity index (χ0n) is 11.4. The number of allylic oxidation sites excluding steroid dienone is 2. The van der Waals surface area contributed by atoms with Gasteiger partial charge in [-0.15, -0.1) is 0 Å². The fourth-order valence-corrected chi connectivity index (χ4v) is 2.24. The van der Waals surface area contributed by atoms with E-state index in [1.165, 1.54) is 22.3 Å². The van der Waals surface area contributed by atoms with Gasteiger partial charge in [-0.2, -0.15) is 0 Å². The van der Waals surface area contributed by atoms with Crippen molar-refractivity contribution in [2.45, 2.75) is 26.7 Å². The largest absolute Gasteiger partial charge is 0.0795 e. The smallest absolute Gasteiger partial charge is 0.0272 e. The van der Waals surface area contributed by atoms with Crippen molar-refractivity contribution in [1.82, 2.24) is 0 Å². The maximum atomic E-state index is 2.34. The van der Waals surface area contributed by atoms with E-state index >= 15 is 0 Å². The zero-order valence-corrected chi connectivity index (χ0v) is 11.4. The van der Waals surface area contributed by atoms with E-state index in [0.717, 1.165) is 0 Å². The van der Waals surface area contributed by atoms with Crippen LogP contribution in [0, 0.1) is 6.92 Å². The third-order valence-electron chi connectivity index (χ3n) is 3.06. The fourth-order valence-electron chi connectivity index (χ4n) is 2.24. The first-order valence-corrected chi connectivity index (χ1v) is 6.43. The van der Waals surface area contributed by atoms with Crippen molar-refractivity contribution in [1.29, 1.82) is 0 Å². The lowest BCUT2D eigenvalue weighted by molar-refractivity contribution is 1.00. The first-order valence-electron chi connectivity index (χ1n) is 6.43. The Labute approximate surface area is 110 Å². The van der Waals surface area contributed by atoms with Crippen LogP contribution in [0.5, 0.6) is 0 Å². The number of rotatable bonds is 3. The topological polar surface area (TPSA) is 0 Å². The Hall–Kier alpha value is -1.82. The van der Waals surface area contributed by atoms with Crippen molar-refractivity contribution in [3.63, 3.8) is 0 Å². The van der Waals surface area contributed by atoms with Crippen LogP contribution in [-0.4, -0.2) is 0 Å². The van der Waals surface area contributed by atoms with E-state index in [-0.39, 0.29) is 0 Å². The molecule has 0 spiro atoms. The van der Waals surface area contributed by atoms with Crippen molar-refractivity contribution in [3.8, 4) is 0 Å². The summed E-state index contributed by atoms with van der Waals surface area (Å²) in [5, 5.41) is 0. The van der Waals surface area contributed by atoms with Gasteiger partial charge in [0, 0.05) is 5.92 Å². The molecule has 0 aliphatic heterocycles. The number of aryl methyl sites for hydroxylation is 1. The van der Waals surface area contributed by atoms with Crippen LogP contribution in [0.25, 0.3) is 0 Å². The second-order valence-corrected chi connectivity index (χ2v) is 5.05. The van der Waals surface area contributed by atoms with Crippen molar-refractivity contribution in [2.24, 2.45) is 0 Å². The fraction of sp³-hybridized carbons (Fsp3) is 0.222. The Morgan fingerprint density at radius 1 is 0.889 bits per heavy atom. The molecule has 0 heteroatoms. The van der Waals surface area contributed by atoms with E-state index in [2.05, 4.69) is 81.4 Å². The third kappa shape index (κ3) is 3.10. The maximum Gasteiger partial charge on any atom is 0.0272 e. The number of hydrogen-bond donors (Lipinski definition) is 0. The van der Waals surface area contributed by atoms with Gasteiger partial charge in [-0.1, -0.05) is 71.8 Å². The standard InChI is InChI=1S/C18H20/c1-14(2)12-18(16-9-5-4-6-10-16)17-11-7-8-15(3)13-17/h4-13,18H,1-3H3. The summed E-state index contributed by atoms with van der Waals surface area (Å²) in [6.45, 7) is 6.46. The third-order valence-corrected chi connectivity index (χ3v) is 3.06. The molecule has 0 aliphatic rings. The molecule has 0 radical (unpaired) electrons. The van der Waals surface area contributed by atoms with Crippen LogP contribution >= 0.6 is 0 Å². The summed E-state index contributed by atoms with van der Waals surface area (Å²) < 4.78 is 0. The highest BCUT2D eigenvalue weighted by molar-refractivity contribution is 5.39. The Morgan fingerprint density at radius 2 is 1.56 bits per heavy atom. The predicted octanol–water partition coefficient (Wildman–Crippen LogP) is 5.09. The van der Waals surface area contributed by atoms with Gasteiger partial charge in [-0.3, -0.25) is 0 Å². The molecule has 2 aromatic carbocycles. The van der Waals surface area contributed by atoms with E-state index < -0.39 is 0 Å². The van der Waals surface area contributed by atoms with Gasteiger partial charge in [0.15, 0.2) is 0 Å². The lowest BCUT2D eigenvalue weighted by Gasteiger charge is -2.15. The zero-order chi connectivity index (χ0) is 13.0. The minimum absolute atomic E-state index is 0.357. The maximum absolute atomic E-state index is 2.34. The number of benzene rings is 2. The van der Waals surface area contributed by atoms with Gasteiger partial charge >= 0.3 is 0 Å². The normalized spacial score (nSPS) is 11.9. The van der Waals surface area contributed by atoms with E-state index in [1.54, 1.807) is 0 Å². The minimum Gasteiger partial charge on any atom is -0.0795 e. The minimum atomic E-state index is 0.357. The molecule has 0 amide bonds. The van der Waals surface area contributed by atoms with E-state index in [0.29, 0.717) is 5.92 Å². The van der Waals surface area contributed by atoms with Gasteiger partial charge in [-0.25, -0.2) is 0 Å². The molecular formula is C18H20. The average Bonchev–Trinajstić information content (AvgIpc) is 2.37. The molecule has 2 rings (SSSR count). The van der Waals surface area contributed by atoms with Crippen molar-refractivity contribution >= 4 is 0 Å². The highest BCUT2D eigenvalue weighted by Gasteiger charge is 2.10. The van der Waals surface area contributed by atoms with Crippen LogP contribution in [0.2, 0.25) is 0 Å². The molecule has 0 aromatic heterocycles. The van der Waals surface area contributed by atoms with Crippen molar-refractivity contribution < 1.29 is 0 Å². The number of hydrogen-bond acceptors (Lipinski definition) is 0. The Morgan fingerprint density at radius 3 is 2.17 bits per heavy atom. The second-order valence-electron chi connectivity index (χ2n) is 5.05. The van der Waals surface area contributed by atoms with E-state index in [9.17, 15) is 0 Å². The van der Waals surface area contributed by atoms with Gasteiger partial charge < -0.3 is 0 Å². The Kier molecular flexibility index (Phi) is 3.99. The molecule has 0 fully saturated rings. The van der Waals surface area contributed by atoms with Gasteiger partial charge in [0.05, 0.1) is 0 Å². The quantitative estimate of drug-likeness (QED) is 0.651. The van der Waals surface area contributed by atoms with Gasteiger partial charge in [0.25, 0.3) is 0 Å². The van der Waals surface area contributed by atoms with Gasteiger partial charge in [-0.05, 0) is 31.9 Å². The van der Waals surface area contributed by atoms with Gasteiger partial charge in [0.2, 0.25) is 0 Å². The summed E-state index contributed by atoms with van der Waals surface area (Å²) in [7, 11) is 0. The second kappa shape index (κ2) is 5.68. The van der Waals surface area contributed by atoms with Crippen molar-refractivity contribution in [3.05, 3.63) is 82.9 Å². The van der Waals surface area contributed by atoms with Gasteiger partial charge in [0.1, 0.15) is 0 Å². The molecule has 1 unspecified atom stereocenters. The summed E-state index contributed by atoms with van der Waals surface area (Å²) in [6, 6.07) is 19.5. The molecule has 92 valence electrons. The summed E-state index contributed by atoms with van der Waals surface area (Å²) in [5.74, 6) is 0.357. The average molecular weight is 236 g/mol. The predicted molar refractivity (Wildman–Crippen MR) is 78.9 cm³/mol. The Bertz CT molecular complexity index is 531. The lowest BCUT2D eigenvalue weighted by atomic mass is 9.89. The molecule has 0 bridgehead atoms. The van der Waals surface area contributed by atoms with Crippen LogP contribution in [0.15, 0.2) is 66.2 Å². The molecule has 2 aromatic rings. The van der Waals surface area contributed by atoms with Crippen LogP contribution in [0.3, 0.4) is 0 Å². The molecule has 18 heavy (non-hydrogen) atoms. The van der Waals surface area contributed by atoms with E-state index in [4.69, 9.17) is 0 Å². The van der Waals surface area contributed by atoms with Crippen LogP contribution in [0.4, 0.5) is 0 Å². The first kappa shape index (κ1) is 12.6. The molecule has 0 saturated carbocycles. The lowest BCUT2D eigenvalue weighted by Crippen LogP contribution is -1.98. The first-order chi connectivity index (χ1) is 8.66. The summed E-state index contributed by atoms with van der Waals surface area (Å²) in [6.07, 6.45) is 2.34. The monoisotopic (exact) mass is 236 g/mol. The molecule has 0 N–H and O–H groups in total. The molecule has 0 heterocycles. The van der Waals surface area contributed by atoms with Crippen LogP contribution in [-0.2, 0) is 0 Å².